The summed E-state index contributed by atoms with van der Waals surface area (Å²) < 4.78 is 10.5. The van der Waals surface area contributed by atoms with Gasteiger partial charge in [-0.2, -0.15) is 5.26 Å². The van der Waals surface area contributed by atoms with Crippen LogP contribution in [0.4, 0.5) is 5.00 Å². The van der Waals surface area contributed by atoms with Crippen molar-refractivity contribution in [2.75, 3.05) is 18.5 Å². The highest BCUT2D eigenvalue weighted by atomic mass is 32.2. The number of carbonyl (C=O) groups is 3. The van der Waals surface area contributed by atoms with Crippen LogP contribution in [0.2, 0.25) is 0 Å². The van der Waals surface area contributed by atoms with Crippen molar-refractivity contribution in [2.24, 2.45) is 0 Å². The molecule has 9 heteroatoms. The zero-order valence-corrected chi connectivity index (χ0v) is 21.9. The van der Waals surface area contributed by atoms with Gasteiger partial charge in [0.25, 0.3) is 5.91 Å². The van der Waals surface area contributed by atoms with Gasteiger partial charge in [-0.05, 0) is 36.8 Å². The number of amides is 1. The number of benzene rings is 3. The summed E-state index contributed by atoms with van der Waals surface area (Å²) in [5.74, 6) is -1.83. The highest BCUT2D eigenvalue weighted by molar-refractivity contribution is 7.99. The van der Waals surface area contributed by atoms with Crippen LogP contribution in [-0.4, -0.2) is 31.1 Å². The molecule has 0 unspecified atom stereocenters. The molecule has 1 N–H and O–H groups in total. The number of esters is 2. The van der Waals surface area contributed by atoms with Gasteiger partial charge in [-0.25, -0.2) is 9.59 Å². The monoisotopic (exact) mass is 542 g/mol. The van der Waals surface area contributed by atoms with Gasteiger partial charge in [0, 0.05) is 20.7 Å². The molecule has 0 bridgehead atoms. The molecule has 0 radical (unpaired) electrons. The largest absolute Gasteiger partial charge is 0.462 e. The first-order valence-electron chi connectivity index (χ1n) is 11.6. The van der Waals surface area contributed by atoms with Gasteiger partial charge in [-0.15, -0.1) is 11.3 Å². The fraction of sp³-hybridized carbons (Fsp3) is 0.103. The Morgan fingerprint density at radius 1 is 0.895 bits per heavy atom. The van der Waals surface area contributed by atoms with Gasteiger partial charge in [-0.1, -0.05) is 66.4 Å². The third kappa shape index (κ3) is 6.29. The van der Waals surface area contributed by atoms with Crippen molar-refractivity contribution in [2.45, 2.75) is 16.7 Å². The number of thiophene rings is 1. The van der Waals surface area contributed by atoms with Crippen LogP contribution in [0.5, 0.6) is 0 Å². The van der Waals surface area contributed by atoms with Gasteiger partial charge in [0.15, 0.2) is 6.61 Å². The Hall–Kier alpha value is -4.39. The number of nitrogens with zero attached hydrogens (tertiary/aromatic N) is 1. The molecule has 3 aromatic carbocycles. The lowest BCUT2D eigenvalue weighted by molar-refractivity contribution is -0.119. The summed E-state index contributed by atoms with van der Waals surface area (Å²) >= 11 is 2.46. The Morgan fingerprint density at radius 3 is 2.32 bits per heavy atom. The molecular weight excluding hydrogens is 520 g/mol. The fourth-order valence-electron chi connectivity index (χ4n) is 3.55. The standard InChI is InChI=1S/C29H22N2O5S2/c1-2-35-29(34)26-22(19-10-4-3-5-11-19)18-37-27(26)31-25(32)17-36-28(33)21-13-7-9-15-24(21)38-23-14-8-6-12-20(23)16-30/h3-15,18H,2,17H2,1H3,(H,31,32). The van der Waals surface area contributed by atoms with E-state index in [2.05, 4.69) is 11.4 Å². The van der Waals surface area contributed by atoms with Crippen LogP contribution in [0, 0.1) is 11.3 Å². The summed E-state index contributed by atoms with van der Waals surface area (Å²) in [4.78, 5) is 39.6. The predicted molar refractivity (Wildman–Crippen MR) is 146 cm³/mol. The molecule has 38 heavy (non-hydrogen) atoms. The number of carbonyl (C=O) groups excluding carboxylic acids is 3. The Labute approximate surface area is 228 Å². The summed E-state index contributed by atoms with van der Waals surface area (Å²) in [7, 11) is 0. The Bertz CT molecular complexity index is 1510. The van der Waals surface area contributed by atoms with Gasteiger partial charge >= 0.3 is 11.9 Å². The molecule has 0 spiro atoms. The van der Waals surface area contributed by atoms with E-state index >= 15 is 0 Å². The van der Waals surface area contributed by atoms with E-state index in [0.717, 1.165) is 5.56 Å². The van der Waals surface area contributed by atoms with Crippen LogP contribution in [0.1, 0.15) is 33.2 Å². The molecule has 7 nitrogen and oxygen atoms in total. The summed E-state index contributed by atoms with van der Waals surface area (Å²) in [5, 5.41) is 14.1. The van der Waals surface area contributed by atoms with Gasteiger partial charge in [0.1, 0.15) is 16.6 Å². The zero-order valence-electron chi connectivity index (χ0n) is 20.3. The van der Waals surface area contributed by atoms with Crippen LogP contribution < -0.4 is 5.32 Å². The molecule has 1 aromatic heterocycles. The van der Waals surface area contributed by atoms with E-state index in [9.17, 15) is 19.6 Å². The first-order valence-corrected chi connectivity index (χ1v) is 13.3. The third-order valence-corrected chi connectivity index (χ3v) is 7.32. The van der Waals surface area contributed by atoms with Gasteiger partial charge in [-0.3, -0.25) is 4.79 Å². The van der Waals surface area contributed by atoms with Crippen molar-refractivity contribution in [3.63, 3.8) is 0 Å². The molecule has 0 saturated carbocycles. The number of nitrogens with one attached hydrogen (secondary N) is 1. The number of hydrogen-bond acceptors (Lipinski definition) is 8. The van der Waals surface area contributed by atoms with E-state index in [1.54, 1.807) is 54.8 Å². The summed E-state index contributed by atoms with van der Waals surface area (Å²) in [5.41, 5.74) is 2.47. The SMILES string of the molecule is CCOC(=O)c1c(-c2ccccc2)csc1NC(=O)COC(=O)c1ccccc1Sc1ccccc1C#N. The summed E-state index contributed by atoms with van der Waals surface area (Å²) in [6.45, 7) is 1.34. The van der Waals surface area contributed by atoms with E-state index in [0.29, 0.717) is 25.9 Å². The van der Waals surface area contributed by atoms with Crippen molar-refractivity contribution < 1.29 is 23.9 Å². The highest BCUT2D eigenvalue weighted by Crippen LogP contribution is 2.36. The molecule has 0 aliphatic rings. The second-order valence-electron chi connectivity index (χ2n) is 7.77. The molecule has 0 saturated heterocycles. The zero-order chi connectivity index (χ0) is 26.9. The Balaban J connectivity index is 1.47. The van der Waals surface area contributed by atoms with E-state index in [1.807, 2.05) is 36.4 Å². The Kier molecular flexibility index (Phi) is 8.93. The van der Waals surface area contributed by atoms with Crippen molar-refractivity contribution in [1.82, 2.24) is 0 Å². The van der Waals surface area contributed by atoms with Crippen LogP contribution in [0.25, 0.3) is 11.1 Å². The Morgan fingerprint density at radius 2 is 1.58 bits per heavy atom. The molecular formula is C29H22N2O5S2. The van der Waals surface area contributed by atoms with Crippen LogP contribution >= 0.6 is 23.1 Å². The van der Waals surface area contributed by atoms with Crippen molar-refractivity contribution >= 4 is 45.9 Å². The highest BCUT2D eigenvalue weighted by Gasteiger charge is 2.23. The number of rotatable bonds is 9. The molecule has 0 fully saturated rings. The number of hydrogen-bond donors (Lipinski definition) is 1. The van der Waals surface area contributed by atoms with Crippen molar-refractivity contribution in [3.05, 3.63) is 101 Å². The van der Waals surface area contributed by atoms with Gasteiger partial charge in [0.2, 0.25) is 0 Å². The maximum atomic E-state index is 12.9. The van der Waals surface area contributed by atoms with Gasteiger partial charge in [0.05, 0.1) is 17.7 Å². The smallest absolute Gasteiger partial charge is 0.341 e. The van der Waals surface area contributed by atoms with E-state index in [4.69, 9.17) is 9.47 Å². The fourth-order valence-corrected chi connectivity index (χ4v) is 5.54. The lowest BCUT2D eigenvalue weighted by Crippen LogP contribution is -2.22. The molecule has 1 amide bonds. The lowest BCUT2D eigenvalue weighted by Gasteiger charge is -2.11. The van der Waals surface area contributed by atoms with Crippen molar-refractivity contribution in [1.29, 1.82) is 5.26 Å². The van der Waals surface area contributed by atoms with Crippen LogP contribution in [0.3, 0.4) is 0 Å². The van der Waals surface area contributed by atoms with Crippen molar-refractivity contribution in [3.8, 4) is 17.2 Å². The summed E-state index contributed by atoms with van der Waals surface area (Å²) in [6, 6.07) is 25.3. The lowest BCUT2D eigenvalue weighted by atomic mass is 10.0. The van der Waals surface area contributed by atoms with E-state index < -0.39 is 24.5 Å². The molecule has 0 aliphatic heterocycles. The minimum Gasteiger partial charge on any atom is -0.462 e. The average molecular weight is 543 g/mol. The normalized spacial score (nSPS) is 10.3. The van der Waals surface area contributed by atoms with E-state index in [1.165, 1.54) is 23.1 Å². The molecule has 4 rings (SSSR count). The quantitative estimate of drug-likeness (QED) is 0.244. The topological polar surface area (TPSA) is 105 Å². The minimum absolute atomic E-state index is 0.185. The predicted octanol–water partition coefficient (Wildman–Crippen LogP) is 6.41. The molecule has 0 aliphatic carbocycles. The van der Waals surface area contributed by atoms with E-state index in [-0.39, 0.29) is 17.7 Å². The number of anilines is 1. The average Bonchev–Trinajstić information content (AvgIpc) is 3.36. The maximum Gasteiger partial charge on any atom is 0.341 e. The first kappa shape index (κ1) is 26.7. The molecule has 190 valence electrons. The first-order chi connectivity index (χ1) is 18.5. The second-order valence-corrected chi connectivity index (χ2v) is 9.73. The maximum absolute atomic E-state index is 12.9. The summed E-state index contributed by atoms with van der Waals surface area (Å²) in [6.07, 6.45) is 0. The number of ether oxygens (including phenoxy) is 2. The third-order valence-electron chi connectivity index (χ3n) is 5.28. The number of nitriles is 1. The molecule has 0 atom stereocenters. The molecule has 1 heterocycles. The van der Waals surface area contributed by atoms with Gasteiger partial charge < -0.3 is 14.8 Å². The minimum atomic E-state index is -0.681. The van der Waals surface area contributed by atoms with Crippen LogP contribution in [0.15, 0.2) is 94.0 Å². The second kappa shape index (κ2) is 12.7. The molecule has 4 aromatic rings. The van der Waals surface area contributed by atoms with Crippen LogP contribution in [-0.2, 0) is 14.3 Å².